The van der Waals surface area contributed by atoms with E-state index in [9.17, 15) is 0 Å². The van der Waals surface area contributed by atoms with Gasteiger partial charge in [-0.1, -0.05) is 55.5 Å². The van der Waals surface area contributed by atoms with E-state index in [0.29, 0.717) is 0 Å². The lowest BCUT2D eigenvalue weighted by Gasteiger charge is -2.09. The summed E-state index contributed by atoms with van der Waals surface area (Å²) in [4.78, 5) is 0. The van der Waals surface area contributed by atoms with Crippen LogP contribution in [0.1, 0.15) is 18.9 Å². The van der Waals surface area contributed by atoms with Crippen LogP contribution in [0.2, 0.25) is 0 Å². The minimum absolute atomic E-state index is 1.04. The van der Waals surface area contributed by atoms with Gasteiger partial charge in [-0.15, -0.1) is 0 Å². The lowest BCUT2D eigenvalue weighted by molar-refractivity contribution is -0.686. The monoisotopic (exact) mass is 288 g/mol. The number of aryl methyl sites for hydroxylation is 2. The molecule has 0 N–H and O–H groups in total. The zero-order chi connectivity index (χ0) is 15.4. The average Bonchev–Trinajstić information content (AvgIpc) is 2.57. The second-order valence-electron chi connectivity index (χ2n) is 5.67. The second-order valence-corrected chi connectivity index (χ2v) is 5.67. The quantitative estimate of drug-likeness (QED) is 0.593. The van der Waals surface area contributed by atoms with Crippen LogP contribution in [0.5, 0.6) is 0 Å². The van der Waals surface area contributed by atoms with Gasteiger partial charge >= 0.3 is 0 Å². The van der Waals surface area contributed by atoms with Gasteiger partial charge in [-0.3, -0.25) is 0 Å². The Balaban J connectivity index is 2.15. The number of hydrogen-bond donors (Lipinski definition) is 0. The van der Waals surface area contributed by atoms with Gasteiger partial charge in [0.1, 0.15) is 6.54 Å². The smallest absolute Gasteiger partial charge is 0.198 e. The van der Waals surface area contributed by atoms with Crippen molar-refractivity contribution in [3.63, 3.8) is 0 Å². The Morgan fingerprint density at radius 3 is 2.27 bits per heavy atom. The van der Waals surface area contributed by atoms with Gasteiger partial charge in [0, 0.05) is 24.1 Å². The van der Waals surface area contributed by atoms with Crippen LogP contribution < -0.4 is 4.57 Å². The molecule has 0 aliphatic heterocycles. The Kier molecular flexibility index (Phi) is 4.34. The summed E-state index contributed by atoms with van der Waals surface area (Å²) >= 11 is 0. The molecule has 110 valence electrons. The number of hydrogen-bond acceptors (Lipinski definition) is 0. The van der Waals surface area contributed by atoms with E-state index in [0.717, 1.165) is 13.0 Å². The van der Waals surface area contributed by atoms with Crippen LogP contribution in [-0.4, -0.2) is 0 Å². The molecule has 1 aromatic heterocycles. The van der Waals surface area contributed by atoms with E-state index in [1.165, 1.54) is 27.9 Å². The molecule has 0 atom stereocenters. The van der Waals surface area contributed by atoms with Crippen molar-refractivity contribution < 1.29 is 4.57 Å². The van der Waals surface area contributed by atoms with E-state index in [-0.39, 0.29) is 0 Å². The fraction of sp³-hybridized carbons (Fsp3) is 0.190. The summed E-state index contributed by atoms with van der Waals surface area (Å²) in [6.07, 6.45) is 3.35. The highest BCUT2D eigenvalue weighted by Gasteiger charge is 2.15. The standard InChI is InChI=1S/C21H22N/c1-3-14-22-15-13-19(18-10-5-4-6-11-18)16-21(22)20-12-8-7-9-17(20)2/h4-13,15-16H,3,14H2,1-2H3/q+1. The molecule has 0 fully saturated rings. The lowest BCUT2D eigenvalue weighted by atomic mass is 10.0. The summed E-state index contributed by atoms with van der Waals surface area (Å²) in [7, 11) is 0. The van der Waals surface area contributed by atoms with Gasteiger partial charge in [0.05, 0.1) is 0 Å². The van der Waals surface area contributed by atoms with Crippen molar-refractivity contribution >= 4 is 0 Å². The van der Waals surface area contributed by atoms with Crippen LogP contribution in [0.4, 0.5) is 0 Å². The highest BCUT2D eigenvalue weighted by Crippen LogP contribution is 2.25. The molecule has 0 aliphatic carbocycles. The molecule has 1 heteroatoms. The van der Waals surface area contributed by atoms with Gasteiger partial charge in [-0.2, -0.15) is 4.57 Å². The van der Waals surface area contributed by atoms with Gasteiger partial charge in [0.2, 0.25) is 5.69 Å². The normalized spacial score (nSPS) is 10.6. The van der Waals surface area contributed by atoms with Gasteiger partial charge in [-0.05, 0) is 29.7 Å². The van der Waals surface area contributed by atoms with Crippen molar-refractivity contribution in [3.05, 3.63) is 78.5 Å². The Labute approximate surface area is 132 Å². The first kappa shape index (κ1) is 14.5. The van der Waals surface area contributed by atoms with Crippen LogP contribution in [0.3, 0.4) is 0 Å². The molecule has 0 unspecified atom stereocenters. The summed E-state index contributed by atoms with van der Waals surface area (Å²) < 4.78 is 2.36. The number of nitrogens with zero attached hydrogens (tertiary/aromatic N) is 1. The Hall–Kier alpha value is -2.41. The van der Waals surface area contributed by atoms with Crippen molar-refractivity contribution in [2.24, 2.45) is 0 Å². The minimum atomic E-state index is 1.04. The van der Waals surface area contributed by atoms with Gasteiger partial charge in [0.25, 0.3) is 0 Å². The van der Waals surface area contributed by atoms with E-state index in [4.69, 9.17) is 0 Å². The van der Waals surface area contributed by atoms with Crippen LogP contribution in [-0.2, 0) is 6.54 Å². The third kappa shape index (κ3) is 2.94. The number of aromatic nitrogens is 1. The molecule has 0 saturated heterocycles. The highest BCUT2D eigenvalue weighted by molar-refractivity contribution is 5.70. The number of pyridine rings is 1. The number of benzene rings is 2. The summed E-state index contributed by atoms with van der Waals surface area (Å²) in [5, 5.41) is 0. The minimum Gasteiger partial charge on any atom is -0.198 e. The molecule has 0 amide bonds. The Morgan fingerprint density at radius 2 is 1.55 bits per heavy atom. The zero-order valence-corrected chi connectivity index (χ0v) is 13.3. The maximum atomic E-state index is 2.36. The maximum absolute atomic E-state index is 2.36. The van der Waals surface area contributed by atoms with Crippen molar-refractivity contribution in [1.82, 2.24) is 0 Å². The molecule has 0 bridgehead atoms. The van der Waals surface area contributed by atoms with Gasteiger partial charge in [-0.25, -0.2) is 0 Å². The Morgan fingerprint density at radius 1 is 0.818 bits per heavy atom. The lowest BCUT2D eigenvalue weighted by Crippen LogP contribution is -2.35. The molecule has 0 saturated carbocycles. The van der Waals surface area contributed by atoms with Crippen LogP contribution in [0.25, 0.3) is 22.4 Å². The first-order chi connectivity index (χ1) is 10.8. The van der Waals surface area contributed by atoms with E-state index >= 15 is 0 Å². The zero-order valence-electron chi connectivity index (χ0n) is 13.3. The summed E-state index contributed by atoms with van der Waals surface area (Å²) in [5.41, 5.74) is 6.46. The molecule has 0 aliphatic rings. The first-order valence-corrected chi connectivity index (χ1v) is 7.94. The maximum Gasteiger partial charge on any atom is 0.213 e. The molecular weight excluding hydrogens is 266 g/mol. The fourth-order valence-electron chi connectivity index (χ4n) is 2.87. The van der Waals surface area contributed by atoms with Crippen LogP contribution >= 0.6 is 0 Å². The number of rotatable bonds is 4. The highest BCUT2D eigenvalue weighted by atomic mass is 15.0. The molecule has 3 aromatic rings. The molecular formula is C21H22N+. The summed E-state index contributed by atoms with van der Waals surface area (Å²) in [5.74, 6) is 0. The van der Waals surface area contributed by atoms with Gasteiger partial charge in [0.15, 0.2) is 6.20 Å². The Bertz CT molecular complexity index is 760. The van der Waals surface area contributed by atoms with E-state index < -0.39 is 0 Å². The topological polar surface area (TPSA) is 3.88 Å². The third-order valence-corrected chi connectivity index (χ3v) is 4.03. The predicted octanol–water partition coefficient (Wildman–Crippen LogP) is 5.03. The van der Waals surface area contributed by atoms with Crippen molar-refractivity contribution in [1.29, 1.82) is 0 Å². The molecule has 1 nitrogen and oxygen atoms in total. The van der Waals surface area contributed by atoms with Crippen LogP contribution in [0, 0.1) is 6.92 Å². The SMILES string of the molecule is CCC[n+]1ccc(-c2ccccc2)cc1-c1ccccc1C. The van der Waals surface area contributed by atoms with Gasteiger partial charge < -0.3 is 0 Å². The molecule has 22 heavy (non-hydrogen) atoms. The fourth-order valence-corrected chi connectivity index (χ4v) is 2.87. The molecule has 2 aromatic carbocycles. The second kappa shape index (κ2) is 6.57. The van der Waals surface area contributed by atoms with Crippen molar-refractivity contribution in [2.45, 2.75) is 26.8 Å². The van der Waals surface area contributed by atoms with Crippen molar-refractivity contribution in [2.75, 3.05) is 0 Å². The summed E-state index contributed by atoms with van der Waals surface area (Å²) in [6, 6.07) is 23.7. The van der Waals surface area contributed by atoms with E-state index in [1.807, 2.05) is 0 Å². The molecule has 3 rings (SSSR count). The summed E-state index contributed by atoms with van der Waals surface area (Å²) in [6.45, 7) is 5.44. The first-order valence-electron chi connectivity index (χ1n) is 7.94. The van der Waals surface area contributed by atoms with Crippen molar-refractivity contribution in [3.8, 4) is 22.4 Å². The molecule has 0 radical (unpaired) electrons. The third-order valence-electron chi connectivity index (χ3n) is 4.03. The van der Waals surface area contributed by atoms with E-state index in [1.54, 1.807) is 0 Å². The average molecular weight is 288 g/mol. The predicted molar refractivity (Wildman–Crippen MR) is 92.5 cm³/mol. The van der Waals surface area contributed by atoms with E-state index in [2.05, 4.69) is 91.3 Å². The molecule has 0 spiro atoms. The van der Waals surface area contributed by atoms with Crippen LogP contribution in [0.15, 0.2) is 72.9 Å². The molecule has 1 heterocycles. The largest absolute Gasteiger partial charge is 0.213 e.